The highest BCUT2D eigenvalue weighted by Gasteiger charge is 2.22. The molecule has 0 aliphatic rings. The van der Waals surface area contributed by atoms with Gasteiger partial charge in [-0.05, 0) is 6.42 Å². The molecule has 0 unspecified atom stereocenters. The van der Waals surface area contributed by atoms with Gasteiger partial charge in [-0.15, -0.1) is 11.3 Å². The topological polar surface area (TPSA) is 68.7 Å². The standard InChI is InChI=1S/C12H16Cl2N2O4S/c1-19-5-3-4-16(11(17)10(13)14)6-9-15-8(7-21-9)12(18)20-2/h7,10H,3-6H2,1-2H3. The highest BCUT2D eigenvalue weighted by atomic mass is 35.5. The first kappa shape index (κ1) is 18.2. The van der Waals surface area contributed by atoms with Crippen LogP contribution in [0.2, 0.25) is 0 Å². The molecule has 1 rings (SSSR count). The molecule has 1 amide bonds. The van der Waals surface area contributed by atoms with Crippen LogP contribution in [0.15, 0.2) is 5.38 Å². The summed E-state index contributed by atoms with van der Waals surface area (Å²) in [7, 11) is 2.87. The summed E-state index contributed by atoms with van der Waals surface area (Å²) in [6.07, 6.45) is 0.651. The average Bonchev–Trinajstić information content (AvgIpc) is 2.93. The van der Waals surface area contributed by atoms with Crippen LogP contribution >= 0.6 is 34.5 Å². The van der Waals surface area contributed by atoms with Crippen LogP contribution in [-0.2, 0) is 20.8 Å². The Bertz CT molecular complexity index is 482. The Balaban J connectivity index is 2.73. The number of hydrogen-bond acceptors (Lipinski definition) is 6. The van der Waals surface area contributed by atoms with E-state index >= 15 is 0 Å². The second-order valence-electron chi connectivity index (χ2n) is 4.02. The van der Waals surface area contributed by atoms with Gasteiger partial charge in [-0.25, -0.2) is 9.78 Å². The number of halogens is 2. The van der Waals surface area contributed by atoms with Crippen LogP contribution in [0.3, 0.4) is 0 Å². The molecule has 21 heavy (non-hydrogen) atoms. The van der Waals surface area contributed by atoms with E-state index in [0.29, 0.717) is 24.6 Å². The van der Waals surface area contributed by atoms with Crippen molar-refractivity contribution >= 4 is 46.4 Å². The van der Waals surface area contributed by atoms with Gasteiger partial charge in [-0.2, -0.15) is 0 Å². The van der Waals surface area contributed by atoms with Crippen LogP contribution < -0.4 is 0 Å². The molecule has 1 heterocycles. The number of amides is 1. The second-order valence-corrected chi connectivity index (χ2v) is 6.06. The fourth-order valence-electron chi connectivity index (χ4n) is 1.55. The smallest absolute Gasteiger partial charge is 0.357 e. The summed E-state index contributed by atoms with van der Waals surface area (Å²) in [4.78, 5) is 27.8. The van der Waals surface area contributed by atoms with Gasteiger partial charge in [0.25, 0.3) is 5.91 Å². The van der Waals surface area contributed by atoms with Crippen LogP contribution in [0.4, 0.5) is 0 Å². The third-order valence-electron chi connectivity index (χ3n) is 2.55. The van der Waals surface area contributed by atoms with Crippen molar-refractivity contribution in [2.45, 2.75) is 17.8 Å². The summed E-state index contributed by atoms with van der Waals surface area (Å²) >= 11 is 12.5. The minimum atomic E-state index is -1.13. The molecule has 0 saturated heterocycles. The number of ether oxygens (including phenoxy) is 2. The van der Waals surface area contributed by atoms with Crippen molar-refractivity contribution in [3.05, 3.63) is 16.1 Å². The molecule has 0 aromatic carbocycles. The van der Waals surface area contributed by atoms with Gasteiger partial charge in [-0.1, -0.05) is 23.2 Å². The second kappa shape index (κ2) is 9.19. The monoisotopic (exact) mass is 354 g/mol. The van der Waals surface area contributed by atoms with Gasteiger partial charge < -0.3 is 14.4 Å². The van der Waals surface area contributed by atoms with Gasteiger partial charge in [0.2, 0.25) is 0 Å². The van der Waals surface area contributed by atoms with Crippen molar-refractivity contribution in [2.75, 3.05) is 27.4 Å². The summed E-state index contributed by atoms with van der Waals surface area (Å²) in [6, 6.07) is 0. The van der Waals surface area contributed by atoms with E-state index in [2.05, 4.69) is 9.72 Å². The number of hydrogen-bond donors (Lipinski definition) is 0. The van der Waals surface area contributed by atoms with Crippen molar-refractivity contribution < 1.29 is 19.1 Å². The van der Waals surface area contributed by atoms with Crippen LogP contribution in [-0.4, -0.2) is 54.0 Å². The maximum absolute atomic E-state index is 11.9. The number of rotatable bonds is 8. The molecule has 1 aromatic heterocycles. The van der Waals surface area contributed by atoms with Gasteiger partial charge in [0, 0.05) is 25.6 Å². The molecule has 0 aliphatic carbocycles. The number of alkyl halides is 2. The van der Waals surface area contributed by atoms with E-state index in [9.17, 15) is 9.59 Å². The van der Waals surface area contributed by atoms with Crippen molar-refractivity contribution in [1.29, 1.82) is 0 Å². The number of methoxy groups -OCH3 is 2. The van der Waals surface area contributed by atoms with Crippen LogP contribution in [0.1, 0.15) is 21.9 Å². The lowest BCUT2D eigenvalue weighted by molar-refractivity contribution is -0.130. The Morgan fingerprint density at radius 3 is 2.71 bits per heavy atom. The molecule has 0 fully saturated rings. The van der Waals surface area contributed by atoms with E-state index in [1.807, 2.05) is 0 Å². The summed E-state index contributed by atoms with van der Waals surface area (Å²) in [5, 5.41) is 2.19. The number of esters is 1. The van der Waals surface area contributed by atoms with Crippen LogP contribution in [0, 0.1) is 0 Å². The zero-order chi connectivity index (χ0) is 15.8. The van der Waals surface area contributed by atoms with Gasteiger partial charge in [-0.3, -0.25) is 4.79 Å². The fraction of sp³-hybridized carbons (Fsp3) is 0.583. The SMILES string of the molecule is COCCCN(Cc1nc(C(=O)OC)cs1)C(=O)C(Cl)Cl. The Hall–Kier alpha value is -0.890. The lowest BCUT2D eigenvalue weighted by Gasteiger charge is -2.22. The normalized spacial score (nSPS) is 10.7. The molecule has 118 valence electrons. The van der Waals surface area contributed by atoms with Gasteiger partial charge >= 0.3 is 5.97 Å². The molecule has 0 spiro atoms. The Morgan fingerprint density at radius 2 is 2.14 bits per heavy atom. The molecule has 0 atom stereocenters. The van der Waals surface area contributed by atoms with E-state index in [-0.39, 0.29) is 12.2 Å². The Morgan fingerprint density at radius 1 is 1.43 bits per heavy atom. The zero-order valence-electron chi connectivity index (χ0n) is 11.7. The molecule has 9 heteroatoms. The number of thiazole rings is 1. The quantitative estimate of drug-likeness (QED) is 0.406. The van der Waals surface area contributed by atoms with Crippen LogP contribution in [0.25, 0.3) is 0 Å². The van der Waals surface area contributed by atoms with Crippen molar-refractivity contribution in [1.82, 2.24) is 9.88 Å². The fourth-order valence-corrected chi connectivity index (χ4v) is 2.60. The van der Waals surface area contributed by atoms with Gasteiger partial charge in [0.15, 0.2) is 10.5 Å². The minimum Gasteiger partial charge on any atom is -0.464 e. The Labute approximate surface area is 136 Å². The van der Waals surface area contributed by atoms with E-state index in [0.717, 1.165) is 0 Å². The van der Waals surface area contributed by atoms with E-state index in [4.69, 9.17) is 27.9 Å². The van der Waals surface area contributed by atoms with Crippen molar-refractivity contribution in [2.24, 2.45) is 0 Å². The van der Waals surface area contributed by atoms with E-state index < -0.39 is 16.7 Å². The van der Waals surface area contributed by atoms with E-state index in [1.54, 1.807) is 12.5 Å². The minimum absolute atomic E-state index is 0.218. The lowest BCUT2D eigenvalue weighted by atomic mass is 10.3. The first-order valence-corrected chi connectivity index (χ1v) is 7.83. The first-order chi connectivity index (χ1) is 9.99. The summed E-state index contributed by atoms with van der Waals surface area (Å²) < 4.78 is 9.54. The molecular weight excluding hydrogens is 339 g/mol. The average molecular weight is 355 g/mol. The number of aromatic nitrogens is 1. The zero-order valence-corrected chi connectivity index (χ0v) is 14.0. The van der Waals surface area contributed by atoms with E-state index in [1.165, 1.54) is 23.3 Å². The number of carbonyl (C=O) groups is 2. The predicted molar refractivity (Wildman–Crippen MR) is 80.9 cm³/mol. The summed E-state index contributed by atoms with van der Waals surface area (Å²) in [5.41, 5.74) is 0.218. The van der Waals surface area contributed by atoms with Gasteiger partial charge in [0.05, 0.1) is 13.7 Å². The maximum atomic E-state index is 11.9. The van der Waals surface area contributed by atoms with Crippen LogP contribution in [0.5, 0.6) is 0 Å². The molecule has 0 N–H and O–H groups in total. The molecule has 0 bridgehead atoms. The number of carbonyl (C=O) groups excluding carboxylic acids is 2. The molecule has 1 aromatic rings. The molecule has 0 radical (unpaired) electrons. The molecule has 0 aliphatic heterocycles. The van der Waals surface area contributed by atoms with Crippen molar-refractivity contribution in [3.63, 3.8) is 0 Å². The van der Waals surface area contributed by atoms with Crippen molar-refractivity contribution in [3.8, 4) is 0 Å². The maximum Gasteiger partial charge on any atom is 0.357 e. The molecule has 0 saturated carbocycles. The molecule has 6 nitrogen and oxygen atoms in total. The third kappa shape index (κ3) is 5.78. The molecular formula is C12H16Cl2N2O4S. The summed E-state index contributed by atoms with van der Waals surface area (Å²) in [5.74, 6) is -0.911. The largest absolute Gasteiger partial charge is 0.464 e. The predicted octanol–water partition coefficient (Wildman–Crippen LogP) is 2.10. The highest BCUT2D eigenvalue weighted by molar-refractivity contribution is 7.09. The number of nitrogens with zero attached hydrogens (tertiary/aromatic N) is 2. The Kier molecular flexibility index (Phi) is 7.95. The van der Waals surface area contributed by atoms with Gasteiger partial charge in [0.1, 0.15) is 5.01 Å². The summed E-state index contributed by atoms with van der Waals surface area (Å²) in [6.45, 7) is 1.19. The third-order valence-corrected chi connectivity index (χ3v) is 3.75. The highest BCUT2D eigenvalue weighted by Crippen LogP contribution is 2.16. The first-order valence-electron chi connectivity index (χ1n) is 6.08. The lowest BCUT2D eigenvalue weighted by Crippen LogP contribution is -2.35.